The van der Waals surface area contributed by atoms with E-state index in [0.717, 1.165) is 17.5 Å². The lowest BCUT2D eigenvalue weighted by Crippen LogP contribution is -2.31. The maximum Gasteiger partial charge on any atom is 0.325 e. The van der Waals surface area contributed by atoms with E-state index in [0.29, 0.717) is 11.3 Å². The Morgan fingerprint density at radius 2 is 1.47 bits per heavy atom. The molecule has 0 heterocycles. The zero-order valence-corrected chi connectivity index (χ0v) is 17.2. The van der Waals surface area contributed by atoms with E-state index in [1.54, 1.807) is 36.4 Å². The largest absolute Gasteiger partial charge is 0.468 e. The third kappa shape index (κ3) is 7.50. The quantitative estimate of drug-likeness (QED) is 0.463. The molecule has 30 heavy (non-hydrogen) atoms. The number of ketones is 1. The molecule has 0 radical (unpaired) electrons. The van der Waals surface area contributed by atoms with Crippen LogP contribution in [0.2, 0.25) is 0 Å². The molecule has 2 N–H and O–H groups in total. The highest BCUT2D eigenvalue weighted by atomic mass is 16.5. The van der Waals surface area contributed by atoms with Gasteiger partial charge < -0.3 is 15.4 Å². The number of anilines is 1. The number of ether oxygens (including phenoxy) is 1. The molecular formula is C23H26N2O5. The Bertz CT molecular complexity index is 889. The van der Waals surface area contributed by atoms with Gasteiger partial charge in [0.2, 0.25) is 11.8 Å². The van der Waals surface area contributed by atoms with E-state index < -0.39 is 5.97 Å². The molecule has 0 atom stereocenters. The van der Waals surface area contributed by atoms with Crippen molar-refractivity contribution in [2.45, 2.75) is 32.6 Å². The second-order valence-electron chi connectivity index (χ2n) is 6.75. The molecule has 7 nitrogen and oxygen atoms in total. The number of Topliss-reactive ketones (excluding diaryl/α,β-unsaturated/α-hetero) is 1. The second kappa shape index (κ2) is 11.5. The monoisotopic (exact) mass is 410 g/mol. The van der Waals surface area contributed by atoms with Gasteiger partial charge >= 0.3 is 5.97 Å². The number of rotatable bonds is 10. The van der Waals surface area contributed by atoms with Gasteiger partial charge in [-0.3, -0.25) is 19.2 Å². The maximum atomic E-state index is 12.2. The van der Waals surface area contributed by atoms with Crippen LogP contribution in [0, 0.1) is 0 Å². The number of methoxy groups -OCH3 is 1. The van der Waals surface area contributed by atoms with E-state index in [1.165, 1.54) is 7.11 Å². The van der Waals surface area contributed by atoms with Gasteiger partial charge in [-0.25, -0.2) is 0 Å². The van der Waals surface area contributed by atoms with Crippen molar-refractivity contribution in [1.82, 2.24) is 5.32 Å². The summed E-state index contributed by atoms with van der Waals surface area (Å²) in [7, 11) is 1.25. The van der Waals surface area contributed by atoms with Crippen LogP contribution in [-0.4, -0.2) is 37.2 Å². The van der Waals surface area contributed by atoms with Crippen molar-refractivity contribution in [2.75, 3.05) is 19.0 Å². The Morgan fingerprint density at radius 3 is 2.07 bits per heavy atom. The molecule has 158 valence electrons. The topological polar surface area (TPSA) is 102 Å². The third-order valence-corrected chi connectivity index (χ3v) is 4.52. The van der Waals surface area contributed by atoms with Crippen molar-refractivity contribution in [3.8, 4) is 0 Å². The maximum absolute atomic E-state index is 12.2. The molecule has 0 spiro atoms. The molecule has 0 aromatic heterocycles. The first kappa shape index (κ1) is 22.8. The standard InChI is InChI=1S/C23H26N2O5/c1-3-16-4-8-18(9-5-16)20(26)12-13-21(27)25-19-10-6-17(7-11-19)14-22(28)24-15-23(29)30-2/h4-11H,3,12-15H2,1-2H3,(H,24,28)(H,25,27). The molecule has 2 aromatic carbocycles. The molecule has 0 aliphatic carbocycles. The van der Waals surface area contributed by atoms with Gasteiger partial charge in [0.15, 0.2) is 5.78 Å². The molecule has 0 saturated carbocycles. The lowest BCUT2D eigenvalue weighted by Gasteiger charge is -2.07. The van der Waals surface area contributed by atoms with Crippen molar-refractivity contribution in [1.29, 1.82) is 0 Å². The van der Waals surface area contributed by atoms with Crippen molar-refractivity contribution >= 4 is 29.3 Å². The summed E-state index contributed by atoms with van der Waals surface area (Å²) in [6, 6.07) is 14.2. The average Bonchev–Trinajstić information content (AvgIpc) is 2.77. The first-order valence-corrected chi connectivity index (χ1v) is 9.75. The highest BCUT2D eigenvalue weighted by Crippen LogP contribution is 2.12. The van der Waals surface area contributed by atoms with Crippen LogP contribution in [0.1, 0.15) is 41.3 Å². The lowest BCUT2D eigenvalue weighted by atomic mass is 10.0. The van der Waals surface area contributed by atoms with Crippen LogP contribution in [0.15, 0.2) is 48.5 Å². The lowest BCUT2D eigenvalue weighted by molar-refractivity contribution is -0.141. The number of hydrogen-bond acceptors (Lipinski definition) is 5. The number of nitrogens with one attached hydrogen (secondary N) is 2. The highest BCUT2D eigenvalue weighted by molar-refractivity contribution is 6.00. The minimum absolute atomic E-state index is 0.0684. The van der Waals surface area contributed by atoms with E-state index in [1.807, 2.05) is 19.1 Å². The first-order valence-electron chi connectivity index (χ1n) is 9.75. The van der Waals surface area contributed by atoms with Gasteiger partial charge in [0.05, 0.1) is 13.5 Å². The third-order valence-electron chi connectivity index (χ3n) is 4.52. The van der Waals surface area contributed by atoms with Crippen molar-refractivity contribution in [2.24, 2.45) is 0 Å². The molecule has 2 rings (SSSR count). The Balaban J connectivity index is 1.77. The second-order valence-corrected chi connectivity index (χ2v) is 6.75. The normalized spacial score (nSPS) is 10.2. The van der Waals surface area contributed by atoms with Gasteiger partial charge in [-0.05, 0) is 29.7 Å². The van der Waals surface area contributed by atoms with E-state index >= 15 is 0 Å². The fraction of sp³-hybridized carbons (Fsp3) is 0.304. The molecule has 0 aliphatic rings. The molecule has 7 heteroatoms. The van der Waals surface area contributed by atoms with Crippen LogP contribution >= 0.6 is 0 Å². The summed E-state index contributed by atoms with van der Waals surface area (Å²) in [6.07, 6.45) is 1.24. The summed E-state index contributed by atoms with van der Waals surface area (Å²) in [4.78, 5) is 47.1. The van der Waals surface area contributed by atoms with Gasteiger partial charge in [-0.15, -0.1) is 0 Å². The fourth-order valence-electron chi connectivity index (χ4n) is 2.72. The van der Waals surface area contributed by atoms with Gasteiger partial charge in [0.1, 0.15) is 6.54 Å². The predicted molar refractivity (Wildman–Crippen MR) is 113 cm³/mol. The molecule has 0 unspecified atom stereocenters. The van der Waals surface area contributed by atoms with E-state index in [-0.39, 0.29) is 43.4 Å². The summed E-state index contributed by atoms with van der Waals surface area (Å²) in [5.74, 6) is -1.14. The minimum Gasteiger partial charge on any atom is -0.468 e. The zero-order valence-electron chi connectivity index (χ0n) is 17.2. The SMILES string of the molecule is CCc1ccc(C(=O)CCC(=O)Nc2ccc(CC(=O)NCC(=O)OC)cc2)cc1. The minimum atomic E-state index is -0.516. The van der Waals surface area contributed by atoms with Crippen molar-refractivity contribution < 1.29 is 23.9 Å². The summed E-state index contributed by atoms with van der Waals surface area (Å²) in [6.45, 7) is 1.87. The molecule has 2 aromatic rings. The van der Waals surface area contributed by atoms with Crippen molar-refractivity contribution in [3.63, 3.8) is 0 Å². The average molecular weight is 410 g/mol. The molecule has 2 amide bonds. The predicted octanol–water partition coefficient (Wildman–Crippen LogP) is 2.68. The Hall–Kier alpha value is -3.48. The molecule has 0 aliphatic heterocycles. The van der Waals surface area contributed by atoms with Crippen LogP contribution in [0.25, 0.3) is 0 Å². The molecule has 0 saturated heterocycles. The summed E-state index contributed by atoms with van der Waals surface area (Å²) >= 11 is 0. The first-order chi connectivity index (χ1) is 14.4. The smallest absolute Gasteiger partial charge is 0.325 e. The van der Waals surface area contributed by atoms with Crippen molar-refractivity contribution in [3.05, 3.63) is 65.2 Å². The molecule has 0 fully saturated rings. The number of hydrogen-bond donors (Lipinski definition) is 2. The van der Waals surface area contributed by atoms with Crippen LogP contribution in [0.3, 0.4) is 0 Å². The fourth-order valence-corrected chi connectivity index (χ4v) is 2.72. The molecular weight excluding hydrogens is 384 g/mol. The summed E-state index contributed by atoms with van der Waals surface area (Å²) < 4.78 is 4.46. The number of benzene rings is 2. The van der Waals surface area contributed by atoms with E-state index in [9.17, 15) is 19.2 Å². The highest BCUT2D eigenvalue weighted by Gasteiger charge is 2.10. The van der Waals surface area contributed by atoms with Crippen LogP contribution in [0.4, 0.5) is 5.69 Å². The number of carbonyl (C=O) groups excluding carboxylic acids is 4. The van der Waals surface area contributed by atoms with E-state index in [2.05, 4.69) is 15.4 Å². The molecule has 0 bridgehead atoms. The Kier molecular flexibility index (Phi) is 8.75. The van der Waals surface area contributed by atoms with Crippen LogP contribution in [-0.2, 0) is 32.0 Å². The summed E-state index contributed by atoms with van der Waals surface area (Å²) in [5, 5.41) is 5.20. The number of aryl methyl sites for hydroxylation is 1. The number of amides is 2. The van der Waals surface area contributed by atoms with Crippen LogP contribution in [0.5, 0.6) is 0 Å². The Labute approximate surface area is 175 Å². The van der Waals surface area contributed by atoms with Gasteiger partial charge in [-0.2, -0.15) is 0 Å². The van der Waals surface area contributed by atoms with E-state index in [4.69, 9.17) is 0 Å². The van der Waals surface area contributed by atoms with Gasteiger partial charge in [0, 0.05) is 24.1 Å². The van der Waals surface area contributed by atoms with Gasteiger partial charge in [-0.1, -0.05) is 43.3 Å². The van der Waals surface area contributed by atoms with Crippen LogP contribution < -0.4 is 10.6 Å². The summed E-state index contributed by atoms with van der Waals surface area (Å²) in [5.41, 5.74) is 3.09. The van der Waals surface area contributed by atoms with Gasteiger partial charge in [0.25, 0.3) is 0 Å². The zero-order chi connectivity index (χ0) is 21.9. The number of carbonyl (C=O) groups is 4. The Morgan fingerprint density at radius 1 is 0.833 bits per heavy atom. The number of esters is 1.